The fraction of sp³-hybridized carbons (Fsp3) is 0.625. The molecule has 1 aliphatic rings. The van der Waals surface area contributed by atoms with Crippen LogP contribution in [0.25, 0.3) is 0 Å². The summed E-state index contributed by atoms with van der Waals surface area (Å²) >= 11 is 0. The Hall–Kier alpha value is -1.51. The van der Waals surface area contributed by atoms with Crippen molar-refractivity contribution in [2.24, 2.45) is 5.73 Å². The van der Waals surface area contributed by atoms with E-state index in [9.17, 15) is 14.4 Å². The van der Waals surface area contributed by atoms with Crippen molar-refractivity contribution in [3.8, 4) is 0 Å². The monoisotopic (exact) mass is 230 g/mol. The topological polar surface area (TPSA) is 134 Å². The number of amides is 4. The van der Waals surface area contributed by atoms with Gasteiger partial charge in [-0.15, -0.1) is 0 Å². The first-order chi connectivity index (χ1) is 7.56. The summed E-state index contributed by atoms with van der Waals surface area (Å²) in [5, 5.41) is 12.8. The van der Waals surface area contributed by atoms with E-state index in [1.54, 1.807) is 5.48 Å². The average Bonchev–Trinajstić information content (AvgIpc) is 2.22. The molecule has 0 aliphatic carbocycles. The van der Waals surface area contributed by atoms with Crippen LogP contribution in [0.4, 0.5) is 4.79 Å². The summed E-state index contributed by atoms with van der Waals surface area (Å²) in [7, 11) is 0. The molecule has 6 N–H and O–H groups in total. The third kappa shape index (κ3) is 2.18. The van der Waals surface area contributed by atoms with Gasteiger partial charge in [-0.2, -0.15) is 5.48 Å². The summed E-state index contributed by atoms with van der Waals surface area (Å²) in [6.45, 7) is 0.420. The van der Waals surface area contributed by atoms with Crippen molar-refractivity contribution in [1.29, 1.82) is 0 Å². The van der Waals surface area contributed by atoms with E-state index in [1.165, 1.54) is 0 Å². The highest BCUT2D eigenvalue weighted by molar-refractivity contribution is 6.22. The molecule has 0 aromatic carbocycles. The standard InChI is InChI=1S/C8H14N4O4/c9-4-2-1-3-8(12-16)5(13)10-7(15)11-6(8)14/h12,16H,1-4,9H2,(H2,10,11,13,14,15). The zero-order chi connectivity index (χ0) is 12.2. The Balaban J connectivity index is 2.79. The third-order valence-electron chi connectivity index (χ3n) is 2.43. The second-order valence-corrected chi connectivity index (χ2v) is 3.50. The van der Waals surface area contributed by atoms with Crippen LogP contribution in [0.5, 0.6) is 0 Å². The largest absolute Gasteiger partial charge is 0.330 e. The molecule has 16 heavy (non-hydrogen) atoms. The van der Waals surface area contributed by atoms with Gasteiger partial charge in [0, 0.05) is 0 Å². The maximum atomic E-state index is 11.5. The molecular weight excluding hydrogens is 216 g/mol. The maximum Gasteiger partial charge on any atom is 0.328 e. The van der Waals surface area contributed by atoms with Crippen LogP contribution in [0, 0.1) is 0 Å². The van der Waals surface area contributed by atoms with Crippen LogP contribution in [0.3, 0.4) is 0 Å². The van der Waals surface area contributed by atoms with Crippen molar-refractivity contribution in [2.75, 3.05) is 6.54 Å². The van der Waals surface area contributed by atoms with Crippen LogP contribution in [0.15, 0.2) is 0 Å². The van der Waals surface area contributed by atoms with E-state index in [4.69, 9.17) is 10.9 Å². The van der Waals surface area contributed by atoms with E-state index in [0.717, 1.165) is 0 Å². The van der Waals surface area contributed by atoms with E-state index in [-0.39, 0.29) is 6.42 Å². The van der Waals surface area contributed by atoms with Crippen molar-refractivity contribution < 1.29 is 19.6 Å². The highest BCUT2D eigenvalue weighted by Gasteiger charge is 2.49. The molecule has 0 aromatic heterocycles. The Kier molecular flexibility index (Phi) is 3.93. The van der Waals surface area contributed by atoms with E-state index in [0.29, 0.717) is 19.4 Å². The maximum absolute atomic E-state index is 11.5. The van der Waals surface area contributed by atoms with Crippen LogP contribution >= 0.6 is 0 Å². The summed E-state index contributed by atoms with van der Waals surface area (Å²) in [4.78, 5) is 33.9. The Morgan fingerprint density at radius 2 is 1.75 bits per heavy atom. The number of unbranched alkanes of at least 4 members (excludes halogenated alkanes) is 1. The molecule has 8 nitrogen and oxygen atoms in total. The number of nitrogens with one attached hydrogen (secondary N) is 3. The smallest absolute Gasteiger partial charge is 0.328 e. The number of hydroxylamine groups is 1. The average molecular weight is 230 g/mol. The normalized spacial score (nSPS) is 19.2. The summed E-state index contributed by atoms with van der Waals surface area (Å²) < 4.78 is 0. The van der Waals surface area contributed by atoms with Crippen molar-refractivity contribution >= 4 is 17.8 Å². The number of urea groups is 1. The van der Waals surface area contributed by atoms with Crippen molar-refractivity contribution in [1.82, 2.24) is 16.1 Å². The van der Waals surface area contributed by atoms with Gasteiger partial charge in [-0.3, -0.25) is 20.2 Å². The molecule has 0 bridgehead atoms. The lowest BCUT2D eigenvalue weighted by Crippen LogP contribution is -2.71. The van der Waals surface area contributed by atoms with Gasteiger partial charge in [0.1, 0.15) is 0 Å². The van der Waals surface area contributed by atoms with E-state index < -0.39 is 23.4 Å². The SMILES string of the molecule is NCCCCC1(NO)C(=O)NC(=O)NC1=O. The second kappa shape index (κ2) is 5.01. The number of barbiturate groups is 1. The summed E-state index contributed by atoms with van der Waals surface area (Å²) in [5.74, 6) is -1.72. The lowest BCUT2D eigenvalue weighted by atomic mass is 9.90. The molecule has 1 heterocycles. The second-order valence-electron chi connectivity index (χ2n) is 3.50. The molecule has 0 saturated carbocycles. The molecule has 1 saturated heterocycles. The van der Waals surface area contributed by atoms with Gasteiger partial charge in [0.2, 0.25) is 0 Å². The highest BCUT2D eigenvalue weighted by Crippen LogP contribution is 2.17. The lowest BCUT2D eigenvalue weighted by Gasteiger charge is -2.32. The summed E-state index contributed by atoms with van der Waals surface area (Å²) in [6, 6.07) is -0.889. The van der Waals surface area contributed by atoms with Gasteiger partial charge in [0.15, 0.2) is 5.54 Å². The molecule has 0 spiro atoms. The Labute approximate surface area is 91.5 Å². The zero-order valence-corrected chi connectivity index (χ0v) is 8.58. The van der Waals surface area contributed by atoms with Crippen LogP contribution in [-0.4, -0.2) is 35.1 Å². The number of imide groups is 2. The van der Waals surface area contributed by atoms with Gasteiger partial charge in [0.25, 0.3) is 11.8 Å². The Morgan fingerprint density at radius 1 is 1.19 bits per heavy atom. The number of hydrogen-bond acceptors (Lipinski definition) is 6. The number of rotatable bonds is 5. The molecule has 1 aliphatic heterocycles. The lowest BCUT2D eigenvalue weighted by molar-refractivity contribution is -0.146. The van der Waals surface area contributed by atoms with E-state index in [1.807, 2.05) is 10.6 Å². The van der Waals surface area contributed by atoms with Crippen LogP contribution in [0.2, 0.25) is 0 Å². The fourth-order valence-corrected chi connectivity index (χ4v) is 1.47. The van der Waals surface area contributed by atoms with Crippen molar-refractivity contribution in [3.63, 3.8) is 0 Å². The Bertz CT molecular complexity index is 297. The van der Waals surface area contributed by atoms with Crippen LogP contribution < -0.4 is 21.8 Å². The molecule has 0 unspecified atom stereocenters. The number of carbonyl (C=O) groups excluding carboxylic acids is 3. The molecule has 1 fully saturated rings. The predicted octanol–water partition coefficient (Wildman–Crippen LogP) is -1.80. The minimum atomic E-state index is -1.80. The summed E-state index contributed by atoms with van der Waals surface area (Å²) in [5.41, 5.74) is 5.16. The summed E-state index contributed by atoms with van der Waals surface area (Å²) in [6.07, 6.45) is 1.14. The quantitative estimate of drug-likeness (QED) is 0.215. The van der Waals surface area contributed by atoms with Crippen molar-refractivity contribution in [2.45, 2.75) is 24.8 Å². The van der Waals surface area contributed by atoms with E-state index in [2.05, 4.69) is 0 Å². The molecule has 0 atom stereocenters. The van der Waals surface area contributed by atoms with Crippen LogP contribution in [-0.2, 0) is 9.59 Å². The first-order valence-electron chi connectivity index (χ1n) is 4.85. The number of carbonyl (C=O) groups is 3. The third-order valence-corrected chi connectivity index (χ3v) is 2.43. The fourth-order valence-electron chi connectivity index (χ4n) is 1.47. The molecule has 0 radical (unpaired) electrons. The van der Waals surface area contributed by atoms with Gasteiger partial charge in [-0.05, 0) is 25.8 Å². The number of nitrogens with two attached hydrogens (primary N) is 1. The molecule has 90 valence electrons. The van der Waals surface area contributed by atoms with Gasteiger partial charge >= 0.3 is 6.03 Å². The van der Waals surface area contributed by atoms with Gasteiger partial charge in [-0.1, -0.05) is 0 Å². The minimum absolute atomic E-state index is 0.0612. The zero-order valence-electron chi connectivity index (χ0n) is 8.58. The van der Waals surface area contributed by atoms with Gasteiger partial charge in [0.05, 0.1) is 0 Å². The first kappa shape index (κ1) is 12.6. The molecule has 8 heteroatoms. The Morgan fingerprint density at radius 3 is 2.19 bits per heavy atom. The molecular formula is C8H14N4O4. The first-order valence-corrected chi connectivity index (χ1v) is 4.85. The molecule has 4 amide bonds. The number of hydrogen-bond donors (Lipinski definition) is 5. The molecule has 1 rings (SSSR count). The van der Waals surface area contributed by atoms with Crippen LogP contribution in [0.1, 0.15) is 19.3 Å². The van der Waals surface area contributed by atoms with Gasteiger partial charge in [-0.25, -0.2) is 4.79 Å². The predicted molar refractivity (Wildman–Crippen MR) is 52.2 cm³/mol. The van der Waals surface area contributed by atoms with Gasteiger partial charge < -0.3 is 10.9 Å². The molecule has 0 aromatic rings. The van der Waals surface area contributed by atoms with Crippen molar-refractivity contribution in [3.05, 3.63) is 0 Å². The highest BCUT2D eigenvalue weighted by atomic mass is 16.5. The minimum Gasteiger partial charge on any atom is -0.330 e. The van der Waals surface area contributed by atoms with E-state index >= 15 is 0 Å².